The van der Waals surface area contributed by atoms with Gasteiger partial charge in [-0.05, 0) is 37.0 Å². The van der Waals surface area contributed by atoms with Gasteiger partial charge in [-0.3, -0.25) is 9.59 Å². The first kappa shape index (κ1) is 21.5. The van der Waals surface area contributed by atoms with E-state index in [1.165, 1.54) is 17.2 Å². The molecule has 0 saturated carbocycles. The van der Waals surface area contributed by atoms with Crippen LogP contribution in [-0.2, 0) is 0 Å². The molecule has 2 aromatic rings. The highest BCUT2D eigenvalue weighted by Crippen LogP contribution is 2.44. The number of carbonyl (C=O) groups is 1. The van der Waals surface area contributed by atoms with Gasteiger partial charge < -0.3 is 15.2 Å². The second kappa shape index (κ2) is 8.46. The topological polar surface area (TPSA) is 65.2 Å². The van der Waals surface area contributed by atoms with Crippen molar-refractivity contribution in [2.24, 2.45) is 11.8 Å². The van der Waals surface area contributed by atoms with Crippen LogP contribution in [0.15, 0.2) is 41.2 Å². The number of fused-ring (bicyclic) bond motifs is 1. The molecule has 27 heavy (non-hydrogen) atoms. The first-order valence-corrected chi connectivity index (χ1v) is 8.83. The predicted octanol–water partition coefficient (Wildman–Crippen LogP) is 2.87. The Morgan fingerprint density at radius 1 is 1.11 bits per heavy atom. The molecule has 0 radical (unpaired) electrons. The Balaban J connectivity index is 0.00000131. The van der Waals surface area contributed by atoms with Crippen molar-refractivity contribution in [1.29, 1.82) is 0 Å². The van der Waals surface area contributed by atoms with E-state index in [4.69, 9.17) is 0 Å². The molecule has 0 bridgehead atoms. The Hall–Kier alpha value is -1.82. The molecule has 0 spiro atoms. The van der Waals surface area contributed by atoms with Crippen LogP contribution in [-0.4, -0.2) is 35.4 Å². The van der Waals surface area contributed by atoms with Crippen molar-refractivity contribution in [2.75, 3.05) is 19.6 Å². The summed E-state index contributed by atoms with van der Waals surface area (Å²) in [5.41, 5.74) is 3.39. The van der Waals surface area contributed by atoms with E-state index in [1.54, 1.807) is 13.0 Å². The lowest BCUT2D eigenvalue weighted by Crippen LogP contribution is -2.35. The lowest BCUT2D eigenvalue weighted by atomic mass is 9.87. The molecule has 0 unspecified atom stereocenters. The van der Waals surface area contributed by atoms with Gasteiger partial charge >= 0.3 is 0 Å². The van der Waals surface area contributed by atoms with Gasteiger partial charge in [0.2, 0.25) is 5.56 Å². The van der Waals surface area contributed by atoms with Crippen LogP contribution in [0.25, 0.3) is 0 Å². The minimum Gasteiger partial charge on any atom is -0.331 e. The number of likely N-dealkylation sites (tertiary alicyclic amines) is 1. The zero-order valence-corrected chi connectivity index (χ0v) is 17.0. The average molecular weight is 410 g/mol. The van der Waals surface area contributed by atoms with Crippen molar-refractivity contribution >= 4 is 30.7 Å². The fraction of sp³-hybridized carbons (Fsp3) is 0.400. The molecule has 5 nitrogen and oxygen atoms in total. The third-order valence-electron chi connectivity index (χ3n) is 5.56. The van der Waals surface area contributed by atoms with E-state index in [0.29, 0.717) is 23.1 Å². The first-order valence-electron chi connectivity index (χ1n) is 8.83. The molecule has 1 aromatic carbocycles. The highest BCUT2D eigenvalue weighted by atomic mass is 35.5. The van der Waals surface area contributed by atoms with Crippen LogP contribution in [0.2, 0.25) is 0 Å². The van der Waals surface area contributed by atoms with Gasteiger partial charge in [0, 0.05) is 42.9 Å². The van der Waals surface area contributed by atoms with Gasteiger partial charge in [-0.1, -0.05) is 24.3 Å². The monoisotopic (exact) mass is 409 g/mol. The van der Waals surface area contributed by atoms with Crippen LogP contribution in [0.1, 0.15) is 33.2 Å². The molecule has 2 N–H and O–H groups in total. The van der Waals surface area contributed by atoms with E-state index < -0.39 is 0 Å². The number of benzene rings is 1. The number of amides is 1. The summed E-state index contributed by atoms with van der Waals surface area (Å²) in [5, 5.41) is 3.47. The van der Waals surface area contributed by atoms with Crippen LogP contribution >= 0.6 is 24.8 Å². The second-order valence-corrected chi connectivity index (χ2v) is 7.26. The third-order valence-corrected chi connectivity index (χ3v) is 5.56. The summed E-state index contributed by atoms with van der Waals surface area (Å²) in [5.74, 6) is 0.849. The van der Waals surface area contributed by atoms with Crippen LogP contribution in [0.4, 0.5) is 0 Å². The first-order chi connectivity index (χ1) is 12.0. The van der Waals surface area contributed by atoms with E-state index in [9.17, 15) is 9.59 Å². The van der Waals surface area contributed by atoms with Gasteiger partial charge in [0.05, 0.1) is 6.04 Å². The van der Waals surface area contributed by atoms with Crippen LogP contribution in [0.3, 0.4) is 0 Å². The number of nitrogens with zero attached hydrogens (tertiary/aromatic N) is 1. The van der Waals surface area contributed by atoms with Crippen molar-refractivity contribution in [3.05, 3.63) is 69.1 Å². The van der Waals surface area contributed by atoms with Crippen LogP contribution < -0.4 is 10.9 Å². The maximum atomic E-state index is 13.2. The van der Waals surface area contributed by atoms with Gasteiger partial charge in [-0.15, -0.1) is 24.8 Å². The molecule has 1 amide bonds. The Labute approximate surface area is 171 Å². The number of carbonyl (C=O) groups excluding carboxylic acids is 1. The molecular weight excluding hydrogens is 385 g/mol. The maximum Gasteiger partial charge on any atom is 0.254 e. The van der Waals surface area contributed by atoms with E-state index >= 15 is 0 Å². The minimum atomic E-state index is -0.225. The number of hydrogen-bond acceptors (Lipinski definition) is 3. The summed E-state index contributed by atoms with van der Waals surface area (Å²) in [6.07, 6.45) is 0. The highest BCUT2D eigenvalue weighted by molar-refractivity contribution is 5.94. The van der Waals surface area contributed by atoms with Crippen molar-refractivity contribution in [2.45, 2.75) is 19.9 Å². The standard InChI is InChI=1S/C20H23N3O2.2ClH/c1-12-5-3-4-6-16(12)19-17-10-21-9-15(17)11-23(19)20(25)14-7-13(2)22-18(24)8-14;;/h3-8,15,17,19,21H,9-11H2,1-2H3,(H,22,24);2*1H/t15-,17-,19-;;/m0../s1. The number of nitrogens with one attached hydrogen (secondary N) is 2. The predicted molar refractivity (Wildman–Crippen MR) is 111 cm³/mol. The van der Waals surface area contributed by atoms with E-state index in [0.717, 1.165) is 19.6 Å². The molecule has 7 heteroatoms. The van der Waals surface area contributed by atoms with E-state index in [2.05, 4.69) is 29.4 Å². The summed E-state index contributed by atoms with van der Waals surface area (Å²) in [6.45, 7) is 6.53. The van der Waals surface area contributed by atoms with Crippen molar-refractivity contribution in [3.63, 3.8) is 0 Å². The zero-order chi connectivity index (χ0) is 17.6. The van der Waals surface area contributed by atoms with Gasteiger partial charge in [0.1, 0.15) is 0 Å². The molecule has 3 atom stereocenters. The number of aryl methyl sites for hydroxylation is 2. The fourth-order valence-corrected chi connectivity index (χ4v) is 4.42. The molecule has 2 saturated heterocycles. The van der Waals surface area contributed by atoms with Crippen LogP contribution in [0.5, 0.6) is 0 Å². The van der Waals surface area contributed by atoms with Gasteiger partial charge in [0.15, 0.2) is 0 Å². The lowest BCUT2D eigenvalue weighted by molar-refractivity contribution is 0.0713. The number of hydrogen-bond donors (Lipinski definition) is 2. The molecule has 2 fully saturated rings. The number of halogens is 2. The smallest absolute Gasteiger partial charge is 0.254 e. The quantitative estimate of drug-likeness (QED) is 0.801. The zero-order valence-electron chi connectivity index (χ0n) is 15.4. The number of aromatic amines is 1. The molecule has 2 aliphatic heterocycles. The summed E-state index contributed by atoms with van der Waals surface area (Å²) in [6, 6.07) is 11.5. The third kappa shape index (κ3) is 3.91. The Bertz CT molecular complexity index is 884. The maximum absolute atomic E-state index is 13.2. The normalized spacial score (nSPS) is 23.3. The average Bonchev–Trinajstić information content (AvgIpc) is 3.15. The van der Waals surface area contributed by atoms with Gasteiger partial charge in [-0.2, -0.15) is 0 Å². The SMILES string of the molecule is Cc1cc(C(=O)N2C[C@@H]3CNC[C@@H]3[C@@H]2c2ccccc2C)cc(=O)[nH]1.Cl.Cl. The van der Waals surface area contributed by atoms with Crippen molar-refractivity contribution in [1.82, 2.24) is 15.2 Å². The summed E-state index contributed by atoms with van der Waals surface area (Å²) in [4.78, 5) is 29.7. The molecule has 4 rings (SSSR count). The van der Waals surface area contributed by atoms with Crippen molar-refractivity contribution < 1.29 is 4.79 Å². The molecule has 146 valence electrons. The minimum absolute atomic E-state index is 0. The largest absolute Gasteiger partial charge is 0.331 e. The number of pyridine rings is 1. The number of rotatable bonds is 2. The summed E-state index contributed by atoms with van der Waals surface area (Å²) in [7, 11) is 0. The number of aromatic nitrogens is 1. The Morgan fingerprint density at radius 2 is 1.85 bits per heavy atom. The molecule has 0 aliphatic carbocycles. The number of H-pyrrole nitrogens is 1. The van der Waals surface area contributed by atoms with E-state index in [-0.39, 0.29) is 42.3 Å². The van der Waals surface area contributed by atoms with Crippen LogP contribution in [0, 0.1) is 25.7 Å². The molecular formula is C20H25Cl2N3O2. The Kier molecular flexibility index (Phi) is 6.73. The highest BCUT2D eigenvalue weighted by Gasteiger charge is 2.47. The Morgan fingerprint density at radius 3 is 2.56 bits per heavy atom. The molecule has 2 aliphatic rings. The summed E-state index contributed by atoms with van der Waals surface area (Å²) < 4.78 is 0. The van der Waals surface area contributed by atoms with Crippen molar-refractivity contribution in [3.8, 4) is 0 Å². The summed E-state index contributed by atoms with van der Waals surface area (Å²) >= 11 is 0. The van der Waals surface area contributed by atoms with Gasteiger partial charge in [-0.25, -0.2) is 0 Å². The molecule has 3 heterocycles. The van der Waals surface area contributed by atoms with E-state index in [1.807, 2.05) is 17.0 Å². The lowest BCUT2D eigenvalue weighted by Gasteiger charge is -2.29. The van der Waals surface area contributed by atoms with Gasteiger partial charge in [0.25, 0.3) is 5.91 Å². The second-order valence-electron chi connectivity index (χ2n) is 7.26. The molecule has 1 aromatic heterocycles. The fourth-order valence-electron chi connectivity index (χ4n) is 4.42.